The van der Waals surface area contributed by atoms with Crippen molar-refractivity contribution >= 4 is 21.7 Å². The van der Waals surface area contributed by atoms with Crippen molar-refractivity contribution in [1.82, 2.24) is 0 Å². The second-order valence-electron chi connectivity index (χ2n) is 6.03. The fourth-order valence-electron chi connectivity index (χ4n) is 2.64. The lowest BCUT2D eigenvalue weighted by atomic mass is 10.2. The average Bonchev–Trinajstić information content (AvgIpc) is 2.67. The first-order valence-electron chi connectivity index (χ1n) is 8.69. The van der Waals surface area contributed by atoms with E-state index in [4.69, 9.17) is 0 Å². The van der Waals surface area contributed by atoms with Crippen LogP contribution in [0.15, 0.2) is 60.7 Å². The second kappa shape index (κ2) is 9.97. The molecule has 0 aliphatic rings. The third-order valence-corrected chi connectivity index (χ3v) is 5.88. The standard InChI is InChI=1S/C20H25NO4S/c1-25-20(22)15-9-4-10-16-26(23,24)21(19-13-7-3-8-14-19)17-18-11-5-2-6-12-18/h2-3,5-8,11-14H,4,9-10,15-17H2,1H3. The quantitative estimate of drug-likeness (QED) is 0.469. The van der Waals surface area contributed by atoms with E-state index in [-0.39, 0.29) is 11.7 Å². The van der Waals surface area contributed by atoms with Gasteiger partial charge in [0.25, 0.3) is 0 Å². The van der Waals surface area contributed by atoms with E-state index in [0.29, 0.717) is 37.9 Å². The molecule has 0 atom stereocenters. The highest BCUT2D eigenvalue weighted by molar-refractivity contribution is 7.92. The van der Waals surface area contributed by atoms with E-state index in [0.717, 1.165) is 5.56 Å². The number of carbonyl (C=O) groups excluding carboxylic acids is 1. The number of hydrogen-bond donors (Lipinski definition) is 0. The Morgan fingerprint density at radius 3 is 2.15 bits per heavy atom. The van der Waals surface area contributed by atoms with Crippen molar-refractivity contribution in [3.05, 3.63) is 66.2 Å². The highest BCUT2D eigenvalue weighted by Gasteiger charge is 2.22. The second-order valence-corrected chi connectivity index (χ2v) is 8.04. The Balaban J connectivity index is 2.04. The normalized spacial score (nSPS) is 11.1. The molecule has 0 aliphatic carbocycles. The lowest BCUT2D eigenvalue weighted by Gasteiger charge is -2.24. The number of hydrogen-bond acceptors (Lipinski definition) is 4. The van der Waals surface area contributed by atoms with Crippen molar-refractivity contribution in [2.45, 2.75) is 32.2 Å². The van der Waals surface area contributed by atoms with Gasteiger partial charge in [0, 0.05) is 6.42 Å². The summed E-state index contributed by atoms with van der Waals surface area (Å²) in [6, 6.07) is 18.7. The van der Waals surface area contributed by atoms with Crippen LogP contribution >= 0.6 is 0 Å². The number of methoxy groups -OCH3 is 1. The average molecular weight is 375 g/mol. The molecule has 2 aromatic rings. The Morgan fingerprint density at radius 1 is 0.923 bits per heavy atom. The largest absolute Gasteiger partial charge is 0.469 e. The Labute approximate surface area is 155 Å². The minimum Gasteiger partial charge on any atom is -0.469 e. The van der Waals surface area contributed by atoms with Crippen molar-refractivity contribution in [3.63, 3.8) is 0 Å². The van der Waals surface area contributed by atoms with Crippen molar-refractivity contribution in [2.75, 3.05) is 17.2 Å². The van der Waals surface area contributed by atoms with Crippen LogP contribution in [0, 0.1) is 0 Å². The van der Waals surface area contributed by atoms with Gasteiger partial charge in [0.1, 0.15) is 0 Å². The van der Waals surface area contributed by atoms with Gasteiger partial charge in [0.2, 0.25) is 10.0 Å². The summed E-state index contributed by atoms with van der Waals surface area (Å²) in [6.45, 7) is 0.301. The molecule has 2 aromatic carbocycles. The van der Waals surface area contributed by atoms with Crippen LogP contribution in [0.5, 0.6) is 0 Å². The molecule has 0 bridgehead atoms. The van der Waals surface area contributed by atoms with E-state index >= 15 is 0 Å². The number of anilines is 1. The molecule has 0 N–H and O–H groups in total. The van der Waals surface area contributed by atoms with Gasteiger partial charge in [-0.2, -0.15) is 0 Å². The number of para-hydroxylation sites is 1. The molecule has 0 unspecified atom stereocenters. The number of unbranched alkanes of at least 4 members (excludes halogenated alkanes) is 2. The number of carbonyl (C=O) groups is 1. The molecule has 5 nitrogen and oxygen atoms in total. The maximum Gasteiger partial charge on any atom is 0.305 e. The minimum atomic E-state index is -3.46. The molecule has 0 aromatic heterocycles. The Morgan fingerprint density at radius 2 is 1.54 bits per heavy atom. The maximum absolute atomic E-state index is 12.9. The molecule has 0 saturated carbocycles. The summed E-state index contributed by atoms with van der Waals surface area (Å²) in [4.78, 5) is 11.1. The highest BCUT2D eigenvalue weighted by Crippen LogP contribution is 2.22. The Bertz CT molecular complexity index is 776. The van der Waals surface area contributed by atoms with Crippen LogP contribution in [0.4, 0.5) is 5.69 Å². The zero-order chi connectivity index (χ0) is 18.8. The van der Waals surface area contributed by atoms with Gasteiger partial charge < -0.3 is 4.74 Å². The summed E-state index contributed by atoms with van der Waals surface area (Å²) in [5, 5.41) is 0. The molecule has 0 amide bonds. The summed E-state index contributed by atoms with van der Waals surface area (Å²) in [5.74, 6) is -0.210. The predicted octanol–water partition coefficient (Wildman–Crippen LogP) is 3.76. The van der Waals surface area contributed by atoms with Crippen LogP contribution in [0.25, 0.3) is 0 Å². The molecule has 2 rings (SSSR count). The molecular formula is C20H25NO4S. The first-order chi connectivity index (χ1) is 12.5. The van der Waals surface area contributed by atoms with Crippen LogP contribution in [-0.4, -0.2) is 27.2 Å². The van der Waals surface area contributed by atoms with Crippen LogP contribution in [0.1, 0.15) is 31.2 Å². The minimum absolute atomic E-state index is 0.0515. The molecule has 0 radical (unpaired) electrons. The van der Waals surface area contributed by atoms with Gasteiger partial charge in [-0.3, -0.25) is 9.10 Å². The van der Waals surface area contributed by atoms with Crippen molar-refractivity contribution in [3.8, 4) is 0 Å². The topological polar surface area (TPSA) is 63.7 Å². The van der Waals surface area contributed by atoms with Crippen LogP contribution in [0.3, 0.4) is 0 Å². The molecule has 26 heavy (non-hydrogen) atoms. The molecule has 0 saturated heterocycles. The van der Waals surface area contributed by atoms with Crippen LogP contribution < -0.4 is 4.31 Å². The number of benzene rings is 2. The van der Waals surface area contributed by atoms with Gasteiger partial charge in [-0.15, -0.1) is 0 Å². The van der Waals surface area contributed by atoms with E-state index in [9.17, 15) is 13.2 Å². The fraction of sp³-hybridized carbons (Fsp3) is 0.350. The molecular weight excluding hydrogens is 350 g/mol. The number of esters is 1. The third-order valence-electron chi connectivity index (χ3n) is 4.06. The van der Waals surface area contributed by atoms with Gasteiger partial charge >= 0.3 is 5.97 Å². The van der Waals surface area contributed by atoms with Crippen LogP contribution in [-0.2, 0) is 26.1 Å². The summed E-state index contributed by atoms with van der Waals surface area (Å²) in [5.41, 5.74) is 1.59. The highest BCUT2D eigenvalue weighted by atomic mass is 32.2. The van der Waals surface area contributed by atoms with Gasteiger partial charge in [0.15, 0.2) is 0 Å². The van der Waals surface area contributed by atoms with Crippen molar-refractivity contribution in [1.29, 1.82) is 0 Å². The lowest BCUT2D eigenvalue weighted by molar-refractivity contribution is -0.140. The fourth-order valence-corrected chi connectivity index (χ4v) is 4.21. The van der Waals surface area contributed by atoms with Crippen molar-refractivity contribution < 1.29 is 17.9 Å². The van der Waals surface area contributed by atoms with E-state index in [2.05, 4.69) is 4.74 Å². The van der Waals surface area contributed by atoms with Crippen molar-refractivity contribution in [2.24, 2.45) is 0 Å². The predicted molar refractivity (Wildman–Crippen MR) is 103 cm³/mol. The zero-order valence-electron chi connectivity index (χ0n) is 15.0. The monoisotopic (exact) mass is 375 g/mol. The number of nitrogens with zero attached hydrogens (tertiary/aromatic N) is 1. The number of ether oxygens (including phenoxy) is 1. The van der Waals surface area contributed by atoms with E-state index in [1.165, 1.54) is 11.4 Å². The number of sulfonamides is 1. The van der Waals surface area contributed by atoms with E-state index < -0.39 is 10.0 Å². The lowest BCUT2D eigenvalue weighted by Crippen LogP contribution is -2.32. The summed E-state index contributed by atoms with van der Waals surface area (Å²) < 4.78 is 31.9. The van der Waals surface area contributed by atoms with Crippen LogP contribution in [0.2, 0.25) is 0 Å². The molecule has 0 spiro atoms. The maximum atomic E-state index is 12.9. The van der Waals surface area contributed by atoms with Gasteiger partial charge in [-0.05, 0) is 30.5 Å². The summed E-state index contributed by atoms with van der Waals surface area (Å²) >= 11 is 0. The number of rotatable bonds is 10. The molecule has 140 valence electrons. The zero-order valence-corrected chi connectivity index (χ0v) is 15.8. The first kappa shape index (κ1) is 20.0. The van der Waals surface area contributed by atoms with Gasteiger partial charge in [0.05, 0.1) is 25.1 Å². The summed E-state index contributed by atoms with van der Waals surface area (Å²) in [6.07, 6.45) is 2.13. The van der Waals surface area contributed by atoms with Gasteiger partial charge in [-0.1, -0.05) is 55.0 Å². The van der Waals surface area contributed by atoms with Gasteiger partial charge in [-0.25, -0.2) is 8.42 Å². The molecule has 0 fully saturated rings. The third kappa shape index (κ3) is 6.19. The molecule has 0 heterocycles. The Hall–Kier alpha value is -2.34. The van der Waals surface area contributed by atoms with E-state index in [1.54, 1.807) is 12.1 Å². The molecule has 6 heteroatoms. The smallest absolute Gasteiger partial charge is 0.305 e. The summed E-state index contributed by atoms with van der Waals surface area (Å²) in [7, 11) is -2.11. The first-order valence-corrected chi connectivity index (χ1v) is 10.3. The Kier molecular flexibility index (Phi) is 7.66. The van der Waals surface area contributed by atoms with E-state index in [1.807, 2.05) is 48.5 Å². The SMILES string of the molecule is COC(=O)CCCCCS(=O)(=O)N(Cc1ccccc1)c1ccccc1. The molecule has 0 aliphatic heterocycles.